The zero-order valence-corrected chi connectivity index (χ0v) is 48.7. The van der Waals surface area contributed by atoms with Crippen LogP contribution in [-0.2, 0) is 75.9 Å². The summed E-state index contributed by atoms with van der Waals surface area (Å²) < 4.78 is 81.8. The molecule has 0 amide bonds. The summed E-state index contributed by atoms with van der Waals surface area (Å²) in [6.07, 6.45) is -70.9. The molecule has 15 unspecified atom stereocenters. The van der Waals surface area contributed by atoms with Gasteiger partial charge in [0.15, 0.2) is 44.0 Å². The molecule has 21 aliphatic rings. The Kier molecular flexibility index (Phi) is 26.2. The van der Waals surface area contributed by atoms with Crippen molar-refractivity contribution in [2.24, 2.45) is 11.7 Å². The first-order valence-electron chi connectivity index (χ1n) is 28.3. The quantitative estimate of drug-likeness (QED) is 0.0724. The van der Waals surface area contributed by atoms with Crippen molar-refractivity contribution >= 4 is 35.5 Å². The SMILES string of the molecule is C[C@H](CSCC1O[C@@H]2O[C@@H]3C(CO)O[C@@H](O[C@@H]4C(CO)O[C@@H](O[C@@H]5C(CSC[C@@H](N)C(=O)O)OC(O[C@@H]6C(CO)O[C@H](O[C@@H]7C(CO)O[C@H](O[C@@H]8C(CO)O[C@H](O[C@H]1[C@H](O)C2O)C(O)[C@H]8O)[C@@H](O)C7O)[C@@H](O)C6O)C(O)[C@H]5O)[C@@H](O)C4O)[C@@H](O)C3O)C(=O)O. The highest BCUT2D eigenvalue weighted by molar-refractivity contribution is 7.99. The molecule has 23 N–H and O–H groups in total. The van der Waals surface area contributed by atoms with E-state index in [-0.39, 0.29) is 23.0 Å². The van der Waals surface area contributed by atoms with Gasteiger partial charge in [-0.1, -0.05) is 6.92 Å². The average Bonchev–Trinajstić information content (AvgIpc) is 0.983. The van der Waals surface area contributed by atoms with E-state index >= 15 is 0 Å². The number of hydrogen-bond acceptors (Lipinski definition) is 38. The van der Waals surface area contributed by atoms with E-state index in [0.29, 0.717) is 0 Å². The number of aliphatic carboxylic acids is 2. The number of carboxylic acids is 2. The topological polar surface area (TPSA) is 614 Å². The molecule has 0 aliphatic carbocycles. The Morgan fingerprint density at radius 3 is 0.697 bits per heavy atom. The molecule has 21 fully saturated rings. The van der Waals surface area contributed by atoms with Crippen molar-refractivity contribution in [3.05, 3.63) is 0 Å². The second kappa shape index (κ2) is 31.9. The monoisotopic (exact) mass is 1340 g/mol. The van der Waals surface area contributed by atoms with Gasteiger partial charge >= 0.3 is 11.9 Å². The Balaban J connectivity index is 1.11. The predicted octanol–water partition coefficient (Wildman–Crippen LogP) is -13.6. The molecule has 14 bridgehead atoms. The maximum Gasteiger partial charge on any atom is 0.321 e. The number of nitrogens with two attached hydrogens (primary N) is 1. The van der Waals surface area contributed by atoms with Gasteiger partial charge in [-0.2, -0.15) is 23.5 Å². The molecule has 0 radical (unpaired) electrons. The summed E-state index contributed by atoms with van der Waals surface area (Å²) in [6, 6.07) is -1.46. The molecule has 0 aromatic rings. The molecule has 21 saturated heterocycles. The lowest BCUT2D eigenvalue weighted by molar-refractivity contribution is -0.395. The number of aliphatic hydroxyl groups excluding tert-OH is 19. The third-order valence-electron chi connectivity index (χ3n) is 16.4. The highest BCUT2D eigenvalue weighted by Gasteiger charge is 2.60. The van der Waals surface area contributed by atoms with Gasteiger partial charge in [0, 0.05) is 23.0 Å². The van der Waals surface area contributed by atoms with Crippen LogP contribution in [-0.4, -0.2) is 396 Å². The molecule has 0 spiro atoms. The standard InChI is InChI=1S/C49H81NO37S2/c1-11(41(70)71)7-88-9-18-39-25(61)32(68)48(79-18)84-37-16(5-54)75-45(28(64)21(37)57)83-36-15(4-53)78-47(31(67)24(36)60)87-40-19(10-89-8-12(50)42(72)73)80-49(33(69)26(40)62)85-38-17(6-55)76-44(29(65)22(38)58)81-34-13(2-51)74-43(27(63)20(34)56)82-35-14(3-52)77-46(86-39)30(66)23(35)59/h11-40,43-49,51-69H,2-10,50H2,1H3,(H,70,71)(H,72,73)/t11-,12-,13?,14?,15?,16?,17?,18?,19?,20?,21?,22?,23-,24?,25-,26-,27+,28+,29+,30?,31+,32?,33?,34-,35-,36-,37-,38-,39-,40-,43-,44-,45+,46-,47+,48-,49?/m1/s1. The lowest BCUT2D eigenvalue weighted by Crippen LogP contribution is -2.68. The molecule has 0 saturated carbocycles. The van der Waals surface area contributed by atoms with Crippen molar-refractivity contribution in [2.75, 3.05) is 56.0 Å². The van der Waals surface area contributed by atoms with Crippen molar-refractivity contribution in [1.82, 2.24) is 0 Å². The summed E-state index contributed by atoms with van der Waals surface area (Å²) in [5.41, 5.74) is 5.70. The van der Waals surface area contributed by atoms with Crippen LogP contribution in [0.3, 0.4) is 0 Å². The van der Waals surface area contributed by atoms with Crippen molar-refractivity contribution in [3.8, 4) is 0 Å². The van der Waals surface area contributed by atoms with Gasteiger partial charge in [-0.25, -0.2) is 0 Å². The average molecular weight is 1340 g/mol. The van der Waals surface area contributed by atoms with Gasteiger partial charge in [-0.05, 0) is 0 Å². The largest absolute Gasteiger partial charge is 0.481 e. The van der Waals surface area contributed by atoms with Gasteiger partial charge in [0.05, 0.1) is 51.2 Å². The number of carboxylic acid groups (broad SMARTS) is 2. The van der Waals surface area contributed by atoms with Crippen LogP contribution in [0.4, 0.5) is 0 Å². The van der Waals surface area contributed by atoms with Crippen LogP contribution < -0.4 is 5.73 Å². The van der Waals surface area contributed by atoms with Gasteiger partial charge in [0.2, 0.25) is 0 Å². The van der Waals surface area contributed by atoms with Crippen LogP contribution >= 0.6 is 23.5 Å². The van der Waals surface area contributed by atoms with Crippen LogP contribution in [0.25, 0.3) is 0 Å². The van der Waals surface area contributed by atoms with Gasteiger partial charge in [0.25, 0.3) is 0 Å². The Morgan fingerprint density at radius 1 is 0.315 bits per heavy atom. The number of hydrogen-bond donors (Lipinski definition) is 22. The van der Waals surface area contributed by atoms with Crippen LogP contribution in [0.15, 0.2) is 0 Å². The Bertz CT molecular complexity index is 2190. The van der Waals surface area contributed by atoms with Gasteiger partial charge in [-0.15, -0.1) is 0 Å². The van der Waals surface area contributed by atoms with E-state index < -0.39 is 272 Å². The predicted molar refractivity (Wildman–Crippen MR) is 281 cm³/mol. The molecule has 0 aromatic heterocycles. The minimum Gasteiger partial charge on any atom is -0.481 e. The third kappa shape index (κ3) is 15.9. The zero-order chi connectivity index (χ0) is 65.2. The van der Waals surface area contributed by atoms with Gasteiger partial charge in [0.1, 0.15) is 165 Å². The third-order valence-corrected chi connectivity index (χ3v) is 18.9. The number of rotatable bonds is 15. The summed E-state index contributed by atoms with van der Waals surface area (Å²) >= 11 is 1.72. The molecule has 38 nitrogen and oxygen atoms in total. The Labute approximate surface area is 512 Å². The summed E-state index contributed by atoms with van der Waals surface area (Å²) in [5, 5.41) is 233. The number of carbonyl (C=O) groups is 2. The molecule has 21 rings (SSSR count). The van der Waals surface area contributed by atoms with E-state index in [1.54, 1.807) is 0 Å². The van der Waals surface area contributed by atoms with Crippen molar-refractivity contribution in [3.63, 3.8) is 0 Å². The molecule has 40 heteroatoms. The summed E-state index contributed by atoms with van der Waals surface area (Å²) in [6.45, 7) is -4.01. The maximum atomic E-state index is 11.7. The normalized spacial score (nSPS) is 50.1. The Hall–Kier alpha value is -1.72. The van der Waals surface area contributed by atoms with Gasteiger partial charge in [-0.3, -0.25) is 9.59 Å². The van der Waals surface area contributed by atoms with Crippen LogP contribution in [0.5, 0.6) is 0 Å². The second-order valence-corrected chi connectivity index (χ2v) is 24.7. The fourth-order valence-electron chi connectivity index (χ4n) is 11.2. The molecular formula is C49H81NO37S2. The molecule has 21 heterocycles. The first kappa shape index (κ1) is 73.1. The highest BCUT2D eigenvalue weighted by atomic mass is 32.2. The molecule has 21 aliphatic heterocycles. The van der Waals surface area contributed by atoms with Crippen molar-refractivity contribution in [1.29, 1.82) is 0 Å². The fourth-order valence-corrected chi connectivity index (χ4v) is 13.4. The Morgan fingerprint density at radius 2 is 0.506 bits per heavy atom. The number of ether oxygens (including phenoxy) is 14. The van der Waals surface area contributed by atoms with E-state index in [4.69, 9.17) is 72.0 Å². The van der Waals surface area contributed by atoms with Crippen LogP contribution in [0, 0.1) is 5.92 Å². The lowest BCUT2D eigenvalue weighted by Gasteiger charge is -2.50. The summed E-state index contributed by atoms with van der Waals surface area (Å²) in [4.78, 5) is 23.3. The second-order valence-electron chi connectivity index (χ2n) is 22.5. The van der Waals surface area contributed by atoms with E-state index in [9.17, 15) is 117 Å². The van der Waals surface area contributed by atoms with Crippen molar-refractivity contribution < 1.29 is 183 Å². The summed E-state index contributed by atoms with van der Waals surface area (Å²) in [5.74, 6) is -4.70. The number of thioether (sulfide) groups is 2. The molecule has 89 heavy (non-hydrogen) atoms. The first-order chi connectivity index (χ1) is 42.2. The molecular weight excluding hydrogens is 1260 g/mol. The maximum absolute atomic E-state index is 11.7. The minimum atomic E-state index is -2.25. The highest BCUT2D eigenvalue weighted by Crippen LogP contribution is 2.40. The fraction of sp³-hybridized carbons (Fsp3) is 0.959. The van der Waals surface area contributed by atoms with E-state index in [1.165, 1.54) is 6.92 Å². The van der Waals surface area contributed by atoms with E-state index in [1.807, 2.05) is 0 Å². The minimum absolute atomic E-state index is 0.0967. The van der Waals surface area contributed by atoms with Crippen LogP contribution in [0.2, 0.25) is 0 Å². The van der Waals surface area contributed by atoms with Gasteiger partial charge < -0.3 is 179 Å². The van der Waals surface area contributed by atoms with Crippen LogP contribution in [0.1, 0.15) is 6.92 Å². The van der Waals surface area contributed by atoms with E-state index in [0.717, 1.165) is 23.5 Å². The van der Waals surface area contributed by atoms with Crippen molar-refractivity contribution in [2.45, 2.75) is 228 Å². The van der Waals surface area contributed by atoms with E-state index in [2.05, 4.69) is 0 Å². The lowest BCUT2D eigenvalue weighted by atomic mass is 9.95. The molecule has 37 atom stereocenters. The molecule has 516 valence electrons. The number of aliphatic hydroxyl groups is 19. The summed E-state index contributed by atoms with van der Waals surface area (Å²) in [7, 11) is 0. The molecule has 0 aromatic carbocycles. The first-order valence-corrected chi connectivity index (χ1v) is 30.6. The zero-order valence-electron chi connectivity index (χ0n) is 47.0. The smallest absolute Gasteiger partial charge is 0.321 e.